The number of carboxylic acids is 1. The topological polar surface area (TPSA) is 58.6 Å². The van der Waals surface area contributed by atoms with Crippen molar-refractivity contribution in [1.82, 2.24) is 5.32 Å². The summed E-state index contributed by atoms with van der Waals surface area (Å²) in [5.41, 5.74) is -2.94. The lowest BCUT2D eigenvalue weighted by Crippen LogP contribution is -2.61. The van der Waals surface area contributed by atoms with Gasteiger partial charge >= 0.3 is 12.1 Å². The molecular formula is C8H14F3NO3. The number of rotatable bonds is 5. The Bertz CT molecular complexity index is 232. The summed E-state index contributed by atoms with van der Waals surface area (Å²) in [5.74, 6) is -1.96. The molecular weight excluding hydrogens is 215 g/mol. The van der Waals surface area contributed by atoms with E-state index in [2.05, 4.69) is 0 Å². The average molecular weight is 229 g/mol. The maximum atomic E-state index is 12.4. The molecule has 90 valence electrons. The van der Waals surface area contributed by atoms with Crippen molar-refractivity contribution in [3.8, 4) is 0 Å². The maximum absolute atomic E-state index is 12.4. The third-order valence-corrected chi connectivity index (χ3v) is 2.14. The number of carbonyl (C=O) groups is 1. The van der Waals surface area contributed by atoms with Crippen molar-refractivity contribution in [1.29, 1.82) is 0 Å². The van der Waals surface area contributed by atoms with Gasteiger partial charge in [0.25, 0.3) is 0 Å². The molecule has 0 saturated carbocycles. The van der Waals surface area contributed by atoms with Crippen molar-refractivity contribution in [3.63, 3.8) is 0 Å². The van der Waals surface area contributed by atoms with Gasteiger partial charge in [-0.3, -0.25) is 5.32 Å². The summed E-state index contributed by atoms with van der Waals surface area (Å²) in [4.78, 5) is 10.5. The lowest BCUT2D eigenvalue weighted by atomic mass is 10.0. The number of alkyl halides is 3. The van der Waals surface area contributed by atoms with Gasteiger partial charge in [0.1, 0.15) is 0 Å². The maximum Gasteiger partial charge on any atom is 0.417 e. The number of ether oxygens (including phenoxy) is 1. The average Bonchev–Trinajstić information content (AvgIpc) is 2.11. The predicted octanol–water partition coefficient (Wildman–Crippen LogP) is 1.02. The number of hydrogen-bond donors (Lipinski definition) is 2. The SMILES string of the molecule is COC(C)CNC(C)(C(=O)O)C(F)(F)F. The summed E-state index contributed by atoms with van der Waals surface area (Å²) in [6.07, 6.45) is -5.35. The van der Waals surface area contributed by atoms with Gasteiger partial charge in [-0.05, 0) is 13.8 Å². The van der Waals surface area contributed by atoms with Gasteiger partial charge < -0.3 is 9.84 Å². The van der Waals surface area contributed by atoms with E-state index in [1.807, 2.05) is 5.32 Å². The van der Waals surface area contributed by atoms with Crippen LogP contribution in [0.15, 0.2) is 0 Å². The highest BCUT2D eigenvalue weighted by atomic mass is 19.4. The van der Waals surface area contributed by atoms with E-state index in [9.17, 15) is 18.0 Å². The minimum Gasteiger partial charge on any atom is -0.480 e. The largest absolute Gasteiger partial charge is 0.480 e. The highest BCUT2D eigenvalue weighted by Crippen LogP contribution is 2.30. The van der Waals surface area contributed by atoms with Crippen molar-refractivity contribution >= 4 is 5.97 Å². The van der Waals surface area contributed by atoms with E-state index in [1.165, 1.54) is 14.0 Å². The highest BCUT2D eigenvalue weighted by Gasteiger charge is 2.57. The Morgan fingerprint density at radius 3 is 2.27 bits per heavy atom. The standard InChI is InChI=1S/C8H14F3NO3/c1-5(15-3)4-12-7(2,6(13)14)8(9,10)11/h5,12H,4H2,1-3H3,(H,13,14). The van der Waals surface area contributed by atoms with E-state index < -0.39 is 23.8 Å². The smallest absolute Gasteiger partial charge is 0.417 e. The fourth-order valence-electron chi connectivity index (χ4n) is 0.728. The molecule has 0 aromatic rings. The summed E-state index contributed by atoms with van der Waals surface area (Å²) < 4.78 is 42.0. The number of carboxylic acid groups (broad SMARTS) is 1. The van der Waals surface area contributed by atoms with Crippen molar-refractivity contribution in [2.45, 2.75) is 31.7 Å². The molecule has 0 saturated heterocycles. The molecule has 0 heterocycles. The molecule has 0 fully saturated rings. The summed E-state index contributed by atoms with van der Waals surface area (Å²) in [7, 11) is 1.33. The van der Waals surface area contributed by atoms with Gasteiger partial charge in [0, 0.05) is 13.7 Å². The van der Waals surface area contributed by atoms with E-state index in [4.69, 9.17) is 9.84 Å². The first-order valence-electron chi connectivity index (χ1n) is 4.23. The van der Waals surface area contributed by atoms with Gasteiger partial charge in [-0.15, -0.1) is 0 Å². The van der Waals surface area contributed by atoms with E-state index in [-0.39, 0.29) is 6.54 Å². The van der Waals surface area contributed by atoms with Gasteiger partial charge in [0.2, 0.25) is 5.54 Å². The van der Waals surface area contributed by atoms with E-state index in [0.717, 1.165) is 0 Å². The molecule has 4 nitrogen and oxygen atoms in total. The number of methoxy groups -OCH3 is 1. The summed E-state index contributed by atoms with van der Waals surface area (Å²) in [5, 5.41) is 10.5. The lowest BCUT2D eigenvalue weighted by molar-refractivity contribution is -0.206. The molecule has 0 aliphatic carbocycles. The fourth-order valence-corrected chi connectivity index (χ4v) is 0.728. The second-order valence-corrected chi connectivity index (χ2v) is 3.36. The van der Waals surface area contributed by atoms with Gasteiger partial charge in [-0.1, -0.05) is 0 Å². The number of aliphatic carboxylic acids is 1. The van der Waals surface area contributed by atoms with Crippen LogP contribution in [0.2, 0.25) is 0 Å². The summed E-state index contributed by atoms with van der Waals surface area (Å²) >= 11 is 0. The predicted molar refractivity (Wildman–Crippen MR) is 46.6 cm³/mol. The molecule has 0 aromatic heterocycles. The zero-order chi connectivity index (χ0) is 12.3. The molecule has 0 spiro atoms. The molecule has 15 heavy (non-hydrogen) atoms. The molecule has 7 heteroatoms. The quantitative estimate of drug-likeness (QED) is 0.738. The zero-order valence-corrected chi connectivity index (χ0v) is 8.68. The van der Waals surface area contributed by atoms with Crippen LogP contribution in [0.3, 0.4) is 0 Å². The number of nitrogens with one attached hydrogen (secondary N) is 1. The summed E-state index contributed by atoms with van der Waals surface area (Å²) in [6.45, 7) is 1.92. The first-order chi connectivity index (χ1) is 6.65. The molecule has 0 aliphatic rings. The molecule has 0 amide bonds. The van der Waals surface area contributed by atoms with Crippen LogP contribution in [0.4, 0.5) is 13.2 Å². The Kier molecular flexibility index (Phi) is 4.54. The Morgan fingerprint density at radius 1 is 1.53 bits per heavy atom. The minimum absolute atomic E-state index is 0.196. The second-order valence-electron chi connectivity index (χ2n) is 3.36. The molecule has 0 radical (unpaired) electrons. The van der Waals surface area contributed by atoms with Crippen LogP contribution >= 0.6 is 0 Å². The van der Waals surface area contributed by atoms with Crippen LogP contribution in [0.1, 0.15) is 13.8 Å². The van der Waals surface area contributed by atoms with Gasteiger partial charge in [-0.25, -0.2) is 4.79 Å². The van der Waals surface area contributed by atoms with Crippen LogP contribution in [0.25, 0.3) is 0 Å². The van der Waals surface area contributed by atoms with Gasteiger partial charge in [0.05, 0.1) is 6.10 Å². The fraction of sp³-hybridized carbons (Fsp3) is 0.875. The third-order valence-electron chi connectivity index (χ3n) is 2.14. The highest BCUT2D eigenvalue weighted by molar-refractivity contribution is 5.79. The number of hydrogen-bond acceptors (Lipinski definition) is 3. The molecule has 0 aromatic carbocycles. The third kappa shape index (κ3) is 3.35. The van der Waals surface area contributed by atoms with E-state index in [0.29, 0.717) is 6.92 Å². The van der Waals surface area contributed by atoms with Crippen molar-refractivity contribution < 1.29 is 27.8 Å². The van der Waals surface area contributed by atoms with Crippen molar-refractivity contribution in [2.75, 3.05) is 13.7 Å². The minimum atomic E-state index is -4.85. The van der Waals surface area contributed by atoms with Crippen LogP contribution in [0, 0.1) is 0 Å². The van der Waals surface area contributed by atoms with E-state index >= 15 is 0 Å². The zero-order valence-electron chi connectivity index (χ0n) is 8.68. The lowest BCUT2D eigenvalue weighted by Gasteiger charge is -2.29. The van der Waals surface area contributed by atoms with E-state index in [1.54, 1.807) is 0 Å². The molecule has 2 N–H and O–H groups in total. The van der Waals surface area contributed by atoms with Crippen molar-refractivity contribution in [2.24, 2.45) is 0 Å². The van der Waals surface area contributed by atoms with Crippen LogP contribution < -0.4 is 5.32 Å². The molecule has 0 bridgehead atoms. The first-order valence-corrected chi connectivity index (χ1v) is 4.23. The normalized spacial score (nSPS) is 18.3. The number of halogens is 3. The van der Waals surface area contributed by atoms with Crippen molar-refractivity contribution in [3.05, 3.63) is 0 Å². The van der Waals surface area contributed by atoms with Crippen LogP contribution in [-0.2, 0) is 9.53 Å². The Balaban J connectivity index is 4.62. The Labute approximate surface area is 85.4 Å². The molecule has 0 rings (SSSR count). The molecule has 0 aliphatic heterocycles. The first kappa shape index (κ1) is 14.2. The monoisotopic (exact) mass is 229 g/mol. The van der Waals surface area contributed by atoms with Gasteiger partial charge in [0.15, 0.2) is 0 Å². The van der Waals surface area contributed by atoms with Crippen LogP contribution in [0.5, 0.6) is 0 Å². The summed E-state index contributed by atoms with van der Waals surface area (Å²) in [6, 6.07) is 0. The Morgan fingerprint density at radius 2 is 2.00 bits per heavy atom. The van der Waals surface area contributed by atoms with Crippen LogP contribution in [-0.4, -0.2) is 42.5 Å². The Hall–Kier alpha value is -0.820. The molecule has 2 atom stereocenters. The van der Waals surface area contributed by atoms with Gasteiger partial charge in [-0.2, -0.15) is 13.2 Å². The second kappa shape index (κ2) is 4.80. The molecule has 2 unspecified atom stereocenters.